The van der Waals surface area contributed by atoms with Crippen LogP contribution in [0.3, 0.4) is 0 Å². The van der Waals surface area contributed by atoms with Gasteiger partial charge >= 0.3 is 0 Å². The fourth-order valence-corrected chi connectivity index (χ4v) is 2.65. The Kier molecular flexibility index (Phi) is 3.36. The van der Waals surface area contributed by atoms with E-state index in [1.807, 2.05) is 25.1 Å². The molecule has 1 aliphatic heterocycles. The van der Waals surface area contributed by atoms with Gasteiger partial charge in [0.1, 0.15) is 5.60 Å². The summed E-state index contributed by atoms with van der Waals surface area (Å²) in [6.45, 7) is 5.61. The van der Waals surface area contributed by atoms with Gasteiger partial charge in [-0.1, -0.05) is 18.2 Å². The maximum Gasteiger partial charge on any atom is 0.107 e. The second-order valence-electron chi connectivity index (χ2n) is 5.59. The number of para-hydroxylation sites is 1. The zero-order valence-electron chi connectivity index (χ0n) is 11.9. The first-order chi connectivity index (χ1) is 9.59. The molecule has 4 heteroatoms. The predicted octanol–water partition coefficient (Wildman–Crippen LogP) is 2.41. The molecule has 0 unspecified atom stereocenters. The largest absolute Gasteiger partial charge is 0.386 e. The third-order valence-corrected chi connectivity index (χ3v) is 4.06. The lowest BCUT2D eigenvalue weighted by Gasteiger charge is -2.23. The van der Waals surface area contributed by atoms with Crippen molar-refractivity contribution in [1.82, 2.24) is 4.98 Å². The van der Waals surface area contributed by atoms with Crippen molar-refractivity contribution in [2.45, 2.75) is 25.9 Å². The van der Waals surface area contributed by atoms with Gasteiger partial charge in [-0.05, 0) is 25.5 Å². The first kappa shape index (κ1) is 13.3. The Morgan fingerprint density at radius 1 is 1.35 bits per heavy atom. The molecular formula is C16H20N2O2. The highest BCUT2D eigenvalue weighted by Crippen LogP contribution is 2.29. The average molecular weight is 272 g/mol. The van der Waals surface area contributed by atoms with Crippen molar-refractivity contribution in [3.05, 3.63) is 35.5 Å². The fourth-order valence-electron chi connectivity index (χ4n) is 2.65. The van der Waals surface area contributed by atoms with Gasteiger partial charge in [0.05, 0.1) is 12.1 Å². The maximum absolute atomic E-state index is 10.4. The Morgan fingerprint density at radius 3 is 2.90 bits per heavy atom. The van der Waals surface area contributed by atoms with Crippen LogP contribution < -0.4 is 5.32 Å². The van der Waals surface area contributed by atoms with Crippen LogP contribution in [-0.4, -0.2) is 35.5 Å². The Balaban J connectivity index is 1.95. The van der Waals surface area contributed by atoms with Gasteiger partial charge in [0.25, 0.3) is 0 Å². The zero-order chi connectivity index (χ0) is 14.2. The van der Waals surface area contributed by atoms with E-state index in [4.69, 9.17) is 4.74 Å². The summed E-state index contributed by atoms with van der Waals surface area (Å²) in [6.07, 6.45) is 0.682. The van der Waals surface area contributed by atoms with E-state index in [0.717, 1.165) is 27.8 Å². The van der Waals surface area contributed by atoms with Crippen molar-refractivity contribution < 1.29 is 9.84 Å². The number of aryl methyl sites for hydroxylation is 1. The number of ether oxygens (including phenoxy) is 1. The highest BCUT2D eigenvalue weighted by atomic mass is 16.5. The van der Waals surface area contributed by atoms with Crippen molar-refractivity contribution in [3.8, 4) is 0 Å². The molecule has 20 heavy (non-hydrogen) atoms. The molecule has 0 bridgehead atoms. The van der Waals surface area contributed by atoms with E-state index in [1.54, 1.807) is 0 Å². The van der Waals surface area contributed by atoms with Gasteiger partial charge in [-0.15, -0.1) is 0 Å². The molecule has 2 heterocycles. The summed E-state index contributed by atoms with van der Waals surface area (Å²) in [5, 5.41) is 14.9. The van der Waals surface area contributed by atoms with Crippen molar-refractivity contribution >= 4 is 16.6 Å². The smallest absolute Gasteiger partial charge is 0.107 e. The number of fused-ring (bicyclic) bond motifs is 1. The molecule has 0 radical (unpaired) electrons. The summed E-state index contributed by atoms with van der Waals surface area (Å²) in [5.41, 5.74) is 3.43. The predicted molar refractivity (Wildman–Crippen MR) is 80.1 cm³/mol. The standard InChI is InChI=1S/C16H20N2O2/c1-11-12(2)18-14-6-4-3-5-13(14)15(11)17-9-16(19)7-8-20-10-16/h3-6,19H,7-10H2,1-2H3,(H,17,18)/t16-/m0/s1. The van der Waals surface area contributed by atoms with E-state index < -0.39 is 5.60 Å². The minimum absolute atomic E-state index is 0.404. The van der Waals surface area contributed by atoms with Crippen molar-refractivity contribution in [2.75, 3.05) is 25.1 Å². The van der Waals surface area contributed by atoms with Gasteiger partial charge in [0.2, 0.25) is 0 Å². The lowest BCUT2D eigenvalue weighted by Crippen LogP contribution is -2.37. The van der Waals surface area contributed by atoms with Crippen molar-refractivity contribution in [1.29, 1.82) is 0 Å². The average Bonchev–Trinajstić information content (AvgIpc) is 2.87. The van der Waals surface area contributed by atoms with E-state index in [9.17, 15) is 5.11 Å². The van der Waals surface area contributed by atoms with Gasteiger partial charge in [-0.25, -0.2) is 0 Å². The molecule has 1 aromatic heterocycles. The highest BCUT2D eigenvalue weighted by Gasteiger charge is 2.32. The molecule has 1 saturated heterocycles. The van der Waals surface area contributed by atoms with Crippen LogP contribution in [0, 0.1) is 13.8 Å². The van der Waals surface area contributed by atoms with E-state index in [2.05, 4.69) is 23.3 Å². The molecule has 0 saturated carbocycles. The van der Waals surface area contributed by atoms with Gasteiger partial charge in [-0.2, -0.15) is 0 Å². The Morgan fingerprint density at radius 2 is 2.15 bits per heavy atom. The number of aromatic nitrogens is 1. The van der Waals surface area contributed by atoms with Gasteiger partial charge < -0.3 is 15.2 Å². The van der Waals surface area contributed by atoms with Crippen molar-refractivity contribution in [2.24, 2.45) is 0 Å². The molecule has 1 aromatic carbocycles. The summed E-state index contributed by atoms with van der Waals surface area (Å²) >= 11 is 0. The Bertz CT molecular complexity index is 634. The second kappa shape index (κ2) is 5.04. The molecule has 3 rings (SSSR count). The molecule has 0 amide bonds. The number of rotatable bonds is 3. The Labute approximate surface area is 118 Å². The molecule has 0 spiro atoms. The van der Waals surface area contributed by atoms with Crippen LogP contribution in [0.15, 0.2) is 24.3 Å². The molecule has 2 N–H and O–H groups in total. The van der Waals surface area contributed by atoms with Crippen LogP contribution in [0.1, 0.15) is 17.7 Å². The molecule has 1 atom stereocenters. The van der Waals surface area contributed by atoms with Gasteiger partial charge in [-0.3, -0.25) is 4.98 Å². The second-order valence-corrected chi connectivity index (χ2v) is 5.59. The number of anilines is 1. The monoisotopic (exact) mass is 272 g/mol. The minimum Gasteiger partial charge on any atom is -0.386 e. The fraction of sp³-hybridized carbons (Fsp3) is 0.438. The summed E-state index contributed by atoms with van der Waals surface area (Å²) < 4.78 is 5.29. The molecule has 4 nitrogen and oxygen atoms in total. The number of nitrogens with one attached hydrogen (secondary N) is 1. The van der Waals surface area contributed by atoms with E-state index in [1.165, 1.54) is 0 Å². The third kappa shape index (κ3) is 2.37. The van der Waals surface area contributed by atoms with Crippen LogP contribution in [0.25, 0.3) is 10.9 Å². The third-order valence-electron chi connectivity index (χ3n) is 4.06. The number of aliphatic hydroxyl groups is 1. The molecular weight excluding hydrogens is 252 g/mol. The molecule has 0 aliphatic carbocycles. The zero-order valence-corrected chi connectivity index (χ0v) is 11.9. The number of hydrogen-bond acceptors (Lipinski definition) is 4. The summed E-state index contributed by atoms with van der Waals surface area (Å²) in [7, 11) is 0. The summed E-state index contributed by atoms with van der Waals surface area (Å²) in [4.78, 5) is 4.61. The van der Waals surface area contributed by atoms with Gasteiger partial charge in [0, 0.05) is 36.3 Å². The lowest BCUT2D eigenvalue weighted by atomic mass is 10.0. The van der Waals surface area contributed by atoms with Gasteiger partial charge in [0.15, 0.2) is 0 Å². The Hall–Kier alpha value is -1.65. The minimum atomic E-state index is -0.759. The van der Waals surface area contributed by atoms with Crippen LogP contribution in [-0.2, 0) is 4.74 Å². The SMILES string of the molecule is Cc1nc2ccccc2c(NC[C@@]2(O)CCOC2)c1C. The van der Waals surface area contributed by atoms with Crippen LogP contribution in [0.5, 0.6) is 0 Å². The van der Waals surface area contributed by atoms with Crippen molar-refractivity contribution in [3.63, 3.8) is 0 Å². The normalized spacial score (nSPS) is 22.4. The number of hydrogen-bond donors (Lipinski definition) is 2. The van der Waals surface area contributed by atoms with E-state index in [0.29, 0.717) is 26.2 Å². The number of benzene rings is 1. The topological polar surface area (TPSA) is 54.4 Å². The van der Waals surface area contributed by atoms with Crippen LogP contribution >= 0.6 is 0 Å². The molecule has 106 valence electrons. The number of nitrogens with zero attached hydrogens (tertiary/aromatic N) is 1. The molecule has 1 fully saturated rings. The molecule has 2 aromatic rings. The first-order valence-electron chi connectivity index (χ1n) is 6.99. The maximum atomic E-state index is 10.4. The van der Waals surface area contributed by atoms with Crippen LogP contribution in [0.4, 0.5) is 5.69 Å². The van der Waals surface area contributed by atoms with E-state index >= 15 is 0 Å². The van der Waals surface area contributed by atoms with Crippen LogP contribution in [0.2, 0.25) is 0 Å². The highest BCUT2D eigenvalue weighted by molar-refractivity contribution is 5.93. The first-order valence-corrected chi connectivity index (χ1v) is 6.99. The molecule has 1 aliphatic rings. The lowest BCUT2D eigenvalue weighted by molar-refractivity contribution is 0.0382. The van der Waals surface area contributed by atoms with E-state index in [-0.39, 0.29) is 0 Å². The number of pyridine rings is 1. The summed E-state index contributed by atoms with van der Waals surface area (Å²) in [6, 6.07) is 8.08. The quantitative estimate of drug-likeness (QED) is 0.901. The summed E-state index contributed by atoms with van der Waals surface area (Å²) in [5.74, 6) is 0.